The maximum absolute atomic E-state index is 11.8. The van der Waals surface area contributed by atoms with Crippen molar-refractivity contribution < 1.29 is 19.1 Å². The largest absolute Gasteiger partial charge is 0.497 e. The lowest BCUT2D eigenvalue weighted by Crippen LogP contribution is -2.37. The minimum atomic E-state index is -0.596. The van der Waals surface area contributed by atoms with Gasteiger partial charge in [0, 0.05) is 12.3 Å². The Labute approximate surface area is 111 Å². The summed E-state index contributed by atoms with van der Waals surface area (Å²) in [5.74, 6) is 0.0548. The summed E-state index contributed by atoms with van der Waals surface area (Å²) >= 11 is 0. The van der Waals surface area contributed by atoms with Gasteiger partial charge in [-0.25, -0.2) is 4.79 Å². The van der Waals surface area contributed by atoms with Crippen LogP contribution in [-0.2, 0) is 14.3 Å². The predicted molar refractivity (Wildman–Crippen MR) is 68.9 cm³/mol. The molecule has 0 spiro atoms. The highest BCUT2D eigenvalue weighted by Gasteiger charge is 2.39. The molecular formula is C14H17NO4. The zero-order valence-electron chi connectivity index (χ0n) is 11.0. The van der Waals surface area contributed by atoms with Crippen molar-refractivity contribution in [3.63, 3.8) is 0 Å². The molecule has 1 aliphatic rings. The molecule has 0 saturated carbocycles. The molecule has 19 heavy (non-hydrogen) atoms. The van der Waals surface area contributed by atoms with E-state index in [1.165, 1.54) is 0 Å². The fraction of sp³-hybridized carbons (Fsp3) is 0.429. The van der Waals surface area contributed by atoms with E-state index in [1.807, 2.05) is 24.3 Å². The van der Waals surface area contributed by atoms with Gasteiger partial charge in [0.1, 0.15) is 11.8 Å². The van der Waals surface area contributed by atoms with Crippen LogP contribution in [0.3, 0.4) is 0 Å². The lowest BCUT2D eigenvalue weighted by molar-refractivity contribution is -0.146. The molecule has 1 fully saturated rings. The maximum Gasteiger partial charge on any atom is 0.329 e. The Hall–Kier alpha value is -2.04. The quantitative estimate of drug-likeness (QED) is 0.830. The summed E-state index contributed by atoms with van der Waals surface area (Å²) in [6.07, 6.45) is 0.301. The van der Waals surface area contributed by atoms with Crippen LogP contribution < -0.4 is 10.1 Å². The first-order chi connectivity index (χ1) is 9.15. The van der Waals surface area contributed by atoms with Crippen molar-refractivity contribution in [1.29, 1.82) is 0 Å². The number of carbonyl (C=O) groups excluding carboxylic acids is 2. The Morgan fingerprint density at radius 3 is 2.63 bits per heavy atom. The first-order valence-corrected chi connectivity index (χ1v) is 6.25. The van der Waals surface area contributed by atoms with E-state index >= 15 is 0 Å². The molecule has 5 nitrogen and oxygen atoms in total. The van der Waals surface area contributed by atoms with E-state index in [2.05, 4.69) is 5.32 Å². The van der Waals surface area contributed by atoms with Gasteiger partial charge >= 0.3 is 5.97 Å². The Morgan fingerprint density at radius 1 is 1.37 bits per heavy atom. The van der Waals surface area contributed by atoms with Crippen LogP contribution in [0.1, 0.15) is 24.8 Å². The van der Waals surface area contributed by atoms with E-state index in [0.717, 1.165) is 11.3 Å². The number of methoxy groups -OCH3 is 1. The molecule has 0 aliphatic carbocycles. The average molecular weight is 263 g/mol. The summed E-state index contributed by atoms with van der Waals surface area (Å²) in [5, 5.41) is 2.67. The predicted octanol–water partition coefficient (Wildman–Crippen LogP) is 1.23. The molecule has 1 saturated heterocycles. The van der Waals surface area contributed by atoms with E-state index < -0.39 is 6.04 Å². The fourth-order valence-corrected chi connectivity index (χ4v) is 2.27. The molecule has 0 bridgehead atoms. The van der Waals surface area contributed by atoms with Crippen molar-refractivity contribution in [3.05, 3.63) is 29.8 Å². The van der Waals surface area contributed by atoms with Gasteiger partial charge in [-0.1, -0.05) is 12.1 Å². The molecule has 2 unspecified atom stereocenters. The van der Waals surface area contributed by atoms with Crippen molar-refractivity contribution in [2.45, 2.75) is 25.3 Å². The molecule has 2 atom stereocenters. The van der Waals surface area contributed by atoms with Gasteiger partial charge in [0.15, 0.2) is 0 Å². The Morgan fingerprint density at radius 2 is 2.05 bits per heavy atom. The number of hydrogen-bond acceptors (Lipinski definition) is 4. The zero-order chi connectivity index (χ0) is 13.8. The number of amides is 1. The first kappa shape index (κ1) is 13.4. The van der Waals surface area contributed by atoms with E-state index in [-0.39, 0.29) is 17.8 Å². The van der Waals surface area contributed by atoms with Crippen molar-refractivity contribution >= 4 is 11.9 Å². The number of hydrogen-bond donors (Lipinski definition) is 1. The van der Waals surface area contributed by atoms with Crippen LogP contribution in [0.15, 0.2) is 24.3 Å². The maximum atomic E-state index is 11.8. The second kappa shape index (κ2) is 5.73. The molecule has 1 amide bonds. The van der Waals surface area contributed by atoms with Crippen molar-refractivity contribution in [2.24, 2.45) is 0 Å². The summed E-state index contributed by atoms with van der Waals surface area (Å²) in [6, 6.07) is 6.79. The highest BCUT2D eigenvalue weighted by molar-refractivity contribution is 5.90. The van der Waals surface area contributed by atoms with Crippen LogP contribution >= 0.6 is 0 Å². The van der Waals surface area contributed by atoms with E-state index in [1.54, 1.807) is 14.0 Å². The van der Waals surface area contributed by atoms with Gasteiger partial charge < -0.3 is 14.8 Å². The highest BCUT2D eigenvalue weighted by Crippen LogP contribution is 2.30. The van der Waals surface area contributed by atoms with Gasteiger partial charge in [-0.2, -0.15) is 0 Å². The number of esters is 1. The van der Waals surface area contributed by atoms with E-state index in [4.69, 9.17) is 9.47 Å². The van der Waals surface area contributed by atoms with Gasteiger partial charge in [-0.05, 0) is 24.6 Å². The Balaban J connectivity index is 2.19. The molecule has 1 heterocycles. The van der Waals surface area contributed by atoms with Gasteiger partial charge in [0.05, 0.1) is 13.7 Å². The summed E-state index contributed by atoms with van der Waals surface area (Å²) in [6.45, 7) is 2.05. The van der Waals surface area contributed by atoms with Crippen LogP contribution in [0.4, 0.5) is 0 Å². The number of ether oxygens (including phenoxy) is 2. The summed E-state index contributed by atoms with van der Waals surface area (Å²) < 4.78 is 10.1. The molecule has 102 valence electrons. The second-order valence-electron chi connectivity index (χ2n) is 4.38. The number of rotatable bonds is 4. The van der Waals surface area contributed by atoms with Crippen LogP contribution in [0, 0.1) is 0 Å². The number of nitrogens with one attached hydrogen (secondary N) is 1. The molecular weight excluding hydrogens is 246 g/mol. The smallest absolute Gasteiger partial charge is 0.329 e. The molecule has 1 N–H and O–H groups in total. The Bertz CT molecular complexity index is 469. The van der Waals surface area contributed by atoms with Gasteiger partial charge in [-0.15, -0.1) is 0 Å². The Kier molecular flexibility index (Phi) is 4.04. The summed E-state index contributed by atoms with van der Waals surface area (Å²) in [4.78, 5) is 23.4. The van der Waals surface area contributed by atoms with Crippen LogP contribution in [-0.4, -0.2) is 31.6 Å². The van der Waals surface area contributed by atoms with E-state index in [0.29, 0.717) is 13.0 Å². The highest BCUT2D eigenvalue weighted by atomic mass is 16.5. The third-order valence-corrected chi connectivity index (χ3v) is 3.21. The SMILES string of the molecule is CCOC(=O)C1NC(=O)CC1c1ccc(OC)cc1. The zero-order valence-corrected chi connectivity index (χ0v) is 11.0. The topological polar surface area (TPSA) is 64.6 Å². The molecule has 5 heteroatoms. The minimum absolute atomic E-state index is 0.126. The van der Waals surface area contributed by atoms with Crippen molar-refractivity contribution in [2.75, 3.05) is 13.7 Å². The van der Waals surface area contributed by atoms with Gasteiger partial charge in [0.25, 0.3) is 0 Å². The summed E-state index contributed by atoms with van der Waals surface area (Å²) in [7, 11) is 1.59. The molecule has 0 aromatic heterocycles. The third kappa shape index (κ3) is 2.86. The average Bonchev–Trinajstić information content (AvgIpc) is 2.81. The van der Waals surface area contributed by atoms with Gasteiger partial charge in [0.2, 0.25) is 5.91 Å². The van der Waals surface area contributed by atoms with Crippen molar-refractivity contribution in [1.82, 2.24) is 5.32 Å². The fourth-order valence-electron chi connectivity index (χ4n) is 2.27. The molecule has 1 aromatic carbocycles. The molecule has 2 rings (SSSR count). The normalized spacial score (nSPS) is 21.9. The van der Waals surface area contributed by atoms with Crippen LogP contribution in [0.2, 0.25) is 0 Å². The first-order valence-electron chi connectivity index (χ1n) is 6.25. The lowest BCUT2D eigenvalue weighted by Gasteiger charge is -2.17. The number of benzene rings is 1. The van der Waals surface area contributed by atoms with E-state index in [9.17, 15) is 9.59 Å². The third-order valence-electron chi connectivity index (χ3n) is 3.21. The molecule has 1 aromatic rings. The van der Waals surface area contributed by atoms with Gasteiger partial charge in [-0.3, -0.25) is 4.79 Å². The summed E-state index contributed by atoms with van der Waals surface area (Å²) in [5.41, 5.74) is 0.928. The molecule has 0 radical (unpaired) electrons. The second-order valence-corrected chi connectivity index (χ2v) is 4.38. The lowest BCUT2D eigenvalue weighted by atomic mass is 9.92. The minimum Gasteiger partial charge on any atom is -0.497 e. The molecule has 1 aliphatic heterocycles. The van der Waals surface area contributed by atoms with Crippen LogP contribution in [0.5, 0.6) is 5.75 Å². The van der Waals surface area contributed by atoms with Crippen LogP contribution in [0.25, 0.3) is 0 Å². The van der Waals surface area contributed by atoms with Crippen molar-refractivity contribution in [3.8, 4) is 5.75 Å². The number of carbonyl (C=O) groups is 2. The monoisotopic (exact) mass is 263 g/mol. The standard InChI is InChI=1S/C14H17NO4/c1-3-19-14(17)13-11(8-12(16)15-13)9-4-6-10(18-2)7-5-9/h4-7,11,13H,3,8H2,1-2H3,(H,15,16).